The molecule has 1 atom stereocenters. The van der Waals surface area contributed by atoms with Crippen molar-refractivity contribution < 1.29 is 0 Å². The first-order chi connectivity index (χ1) is 13.6. The Hall–Kier alpha value is -2.67. The van der Waals surface area contributed by atoms with E-state index in [0.717, 1.165) is 61.8 Å². The second kappa shape index (κ2) is 6.44. The van der Waals surface area contributed by atoms with Crippen LogP contribution in [0.2, 0.25) is 0 Å². The van der Waals surface area contributed by atoms with Crippen LogP contribution < -0.4 is 15.5 Å². The number of aromatic nitrogens is 4. The number of piperidine rings is 1. The molecule has 0 saturated carbocycles. The van der Waals surface area contributed by atoms with E-state index in [1.54, 1.807) is 0 Å². The Kier molecular flexibility index (Phi) is 4.01. The molecule has 3 aromatic rings. The highest BCUT2D eigenvalue weighted by Gasteiger charge is 2.31. The Labute approximate surface area is 165 Å². The first kappa shape index (κ1) is 17.4. The first-order valence-electron chi connectivity index (χ1n) is 10.1. The van der Waals surface area contributed by atoms with E-state index in [2.05, 4.69) is 58.1 Å². The lowest BCUT2D eigenvalue weighted by molar-refractivity contribution is 0.258. The normalized spacial score (nSPS) is 21.3. The van der Waals surface area contributed by atoms with Gasteiger partial charge in [-0.25, -0.2) is 9.97 Å². The van der Waals surface area contributed by atoms with Crippen LogP contribution in [0.5, 0.6) is 0 Å². The van der Waals surface area contributed by atoms with Gasteiger partial charge in [0.25, 0.3) is 0 Å². The van der Waals surface area contributed by atoms with Crippen molar-refractivity contribution in [1.82, 2.24) is 20.2 Å². The number of nitrogens with two attached hydrogens (primary N) is 1. The van der Waals surface area contributed by atoms with Crippen molar-refractivity contribution in [3.05, 3.63) is 36.0 Å². The van der Waals surface area contributed by atoms with Crippen molar-refractivity contribution in [2.75, 3.05) is 36.0 Å². The number of para-hydroxylation sites is 1. The lowest BCUT2D eigenvalue weighted by Crippen LogP contribution is -2.42. The Morgan fingerprint density at radius 1 is 1.25 bits per heavy atom. The molecule has 28 heavy (non-hydrogen) atoms. The van der Waals surface area contributed by atoms with E-state index in [9.17, 15) is 0 Å². The molecule has 3 N–H and O–H groups in total. The lowest BCUT2D eigenvalue weighted by Gasteiger charge is -2.39. The molecule has 146 valence electrons. The van der Waals surface area contributed by atoms with Gasteiger partial charge in [-0.15, -0.1) is 0 Å². The van der Waals surface area contributed by atoms with Crippen LogP contribution >= 0.6 is 0 Å². The molecule has 5 rings (SSSR count). The summed E-state index contributed by atoms with van der Waals surface area (Å²) in [5.74, 6) is 2.25. The highest BCUT2D eigenvalue weighted by Crippen LogP contribution is 2.41. The molecule has 7 heteroatoms. The van der Waals surface area contributed by atoms with E-state index in [4.69, 9.17) is 15.7 Å². The van der Waals surface area contributed by atoms with Gasteiger partial charge >= 0.3 is 0 Å². The summed E-state index contributed by atoms with van der Waals surface area (Å²) in [6.07, 6.45) is 4.05. The predicted octanol–water partition coefficient (Wildman–Crippen LogP) is 3.17. The van der Waals surface area contributed by atoms with Crippen LogP contribution in [0.1, 0.15) is 38.2 Å². The number of nitrogens with one attached hydrogen (secondary N) is 1. The van der Waals surface area contributed by atoms with Crippen LogP contribution in [0.4, 0.5) is 17.3 Å². The number of rotatable bonds is 3. The van der Waals surface area contributed by atoms with Gasteiger partial charge < -0.3 is 15.5 Å². The van der Waals surface area contributed by atoms with E-state index < -0.39 is 0 Å². The maximum Gasteiger partial charge on any atom is 0.183 e. The average molecular weight is 377 g/mol. The molecule has 1 saturated heterocycles. The number of aromatic amines is 1. The zero-order chi connectivity index (χ0) is 19.3. The molecule has 0 spiro atoms. The van der Waals surface area contributed by atoms with Crippen LogP contribution in [0, 0.1) is 5.41 Å². The molecule has 2 aliphatic rings. The number of anilines is 3. The molecule has 0 radical (unpaired) electrons. The number of hydrogen-bond donors (Lipinski definition) is 2. The number of benzene rings is 1. The molecule has 2 aliphatic heterocycles. The van der Waals surface area contributed by atoms with Gasteiger partial charge in [-0.05, 0) is 36.4 Å². The monoisotopic (exact) mass is 377 g/mol. The van der Waals surface area contributed by atoms with Crippen molar-refractivity contribution in [2.45, 2.75) is 32.6 Å². The van der Waals surface area contributed by atoms with Gasteiger partial charge in [0.15, 0.2) is 17.0 Å². The van der Waals surface area contributed by atoms with Gasteiger partial charge in [-0.2, -0.15) is 5.10 Å². The van der Waals surface area contributed by atoms with Gasteiger partial charge in [0.05, 0.1) is 6.20 Å². The number of H-pyrrole nitrogens is 1. The summed E-state index contributed by atoms with van der Waals surface area (Å²) >= 11 is 0. The smallest absolute Gasteiger partial charge is 0.183 e. The van der Waals surface area contributed by atoms with E-state index in [1.807, 2.05) is 6.20 Å². The molecule has 1 aromatic carbocycles. The van der Waals surface area contributed by atoms with Crippen molar-refractivity contribution in [1.29, 1.82) is 0 Å². The fourth-order valence-electron chi connectivity index (χ4n) is 4.42. The summed E-state index contributed by atoms with van der Waals surface area (Å²) in [7, 11) is 0. The standard InChI is InChI=1S/C21H27N7/c1-14-12-28(16-6-4-3-5-15(14)16)20-18-19(25-26-20)24-17(11-23-18)27-9-7-21(2,13-22)8-10-27/h3-6,11,14H,7-10,12-13,22H2,1-2H3,(H,24,25,26). The minimum absolute atomic E-state index is 0.245. The van der Waals surface area contributed by atoms with E-state index >= 15 is 0 Å². The van der Waals surface area contributed by atoms with E-state index in [-0.39, 0.29) is 5.41 Å². The Balaban J connectivity index is 1.44. The maximum absolute atomic E-state index is 5.94. The average Bonchev–Trinajstić information content (AvgIpc) is 3.29. The molecule has 2 aromatic heterocycles. The third-order valence-corrected chi connectivity index (χ3v) is 6.50. The van der Waals surface area contributed by atoms with Gasteiger partial charge in [0.1, 0.15) is 5.82 Å². The summed E-state index contributed by atoms with van der Waals surface area (Å²) in [6, 6.07) is 8.53. The van der Waals surface area contributed by atoms with Crippen molar-refractivity contribution in [3.8, 4) is 0 Å². The molecular formula is C21H27N7. The first-order valence-corrected chi connectivity index (χ1v) is 10.1. The fraction of sp³-hybridized carbons (Fsp3) is 0.476. The van der Waals surface area contributed by atoms with Crippen LogP contribution in [-0.2, 0) is 0 Å². The minimum atomic E-state index is 0.245. The lowest BCUT2D eigenvalue weighted by atomic mass is 9.80. The SMILES string of the molecule is CC1CN(c2n[nH]c3nc(N4CCC(C)(CN)CC4)cnc23)c2ccccc21. The molecule has 0 amide bonds. The Morgan fingerprint density at radius 3 is 2.82 bits per heavy atom. The molecular weight excluding hydrogens is 350 g/mol. The second-order valence-corrected chi connectivity index (χ2v) is 8.54. The highest BCUT2D eigenvalue weighted by atomic mass is 15.3. The van der Waals surface area contributed by atoms with Gasteiger partial charge in [-0.3, -0.25) is 5.10 Å². The summed E-state index contributed by atoms with van der Waals surface area (Å²) in [5.41, 5.74) is 10.3. The van der Waals surface area contributed by atoms with Crippen LogP contribution in [-0.4, -0.2) is 46.3 Å². The molecule has 1 fully saturated rings. The van der Waals surface area contributed by atoms with Crippen LogP contribution in [0.15, 0.2) is 30.5 Å². The van der Waals surface area contributed by atoms with Gasteiger partial charge in [0.2, 0.25) is 0 Å². The number of fused-ring (bicyclic) bond motifs is 2. The third-order valence-electron chi connectivity index (χ3n) is 6.50. The summed E-state index contributed by atoms with van der Waals surface area (Å²) < 4.78 is 0. The third kappa shape index (κ3) is 2.73. The summed E-state index contributed by atoms with van der Waals surface area (Å²) in [5, 5.41) is 7.68. The van der Waals surface area contributed by atoms with Crippen molar-refractivity contribution in [2.24, 2.45) is 11.1 Å². The zero-order valence-electron chi connectivity index (χ0n) is 16.5. The second-order valence-electron chi connectivity index (χ2n) is 8.54. The maximum atomic E-state index is 5.94. The summed E-state index contributed by atoms with van der Waals surface area (Å²) in [6.45, 7) is 8.10. The Morgan fingerprint density at radius 2 is 2.04 bits per heavy atom. The quantitative estimate of drug-likeness (QED) is 0.729. The molecule has 1 unspecified atom stereocenters. The molecule has 7 nitrogen and oxygen atoms in total. The molecule has 0 aliphatic carbocycles. The van der Waals surface area contributed by atoms with Crippen molar-refractivity contribution in [3.63, 3.8) is 0 Å². The molecule has 0 bridgehead atoms. The topological polar surface area (TPSA) is 87.0 Å². The number of hydrogen-bond acceptors (Lipinski definition) is 6. The predicted molar refractivity (Wildman–Crippen MR) is 112 cm³/mol. The number of nitrogens with zero attached hydrogens (tertiary/aromatic N) is 5. The minimum Gasteiger partial charge on any atom is -0.355 e. The van der Waals surface area contributed by atoms with E-state index in [0.29, 0.717) is 5.92 Å². The van der Waals surface area contributed by atoms with Crippen LogP contribution in [0.3, 0.4) is 0 Å². The zero-order valence-corrected chi connectivity index (χ0v) is 16.5. The van der Waals surface area contributed by atoms with Gasteiger partial charge in [-0.1, -0.05) is 32.0 Å². The van der Waals surface area contributed by atoms with Crippen molar-refractivity contribution >= 4 is 28.5 Å². The molecule has 4 heterocycles. The Bertz CT molecular complexity index is 1000. The van der Waals surface area contributed by atoms with Crippen LogP contribution in [0.25, 0.3) is 11.2 Å². The fourth-order valence-corrected chi connectivity index (χ4v) is 4.42. The van der Waals surface area contributed by atoms with Gasteiger partial charge in [0, 0.05) is 31.2 Å². The largest absolute Gasteiger partial charge is 0.355 e. The summed E-state index contributed by atoms with van der Waals surface area (Å²) in [4.78, 5) is 14.1. The highest BCUT2D eigenvalue weighted by molar-refractivity contribution is 5.88. The van der Waals surface area contributed by atoms with E-state index in [1.165, 1.54) is 11.3 Å².